The van der Waals surface area contributed by atoms with E-state index in [1.165, 1.54) is 6.08 Å². The van der Waals surface area contributed by atoms with E-state index in [0.29, 0.717) is 24.4 Å². The van der Waals surface area contributed by atoms with Crippen molar-refractivity contribution in [2.24, 2.45) is 0 Å². The SMILES string of the molecule is COCCNC(=O)c1cc(NC(=O)/C=C/c2ccccc2)ccc1N1CCN(c2ccccc2OC)CC1. The molecule has 0 bridgehead atoms. The van der Waals surface area contributed by atoms with E-state index < -0.39 is 0 Å². The van der Waals surface area contributed by atoms with Gasteiger partial charge in [-0.25, -0.2) is 0 Å². The van der Waals surface area contributed by atoms with Crippen molar-refractivity contribution in [3.05, 3.63) is 90.0 Å². The third kappa shape index (κ3) is 6.92. The molecule has 1 fully saturated rings. The van der Waals surface area contributed by atoms with Gasteiger partial charge < -0.3 is 29.9 Å². The Labute approximate surface area is 223 Å². The molecule has 3 aromatic rings. The summed E-state index contributed by atoms with van der Waals surface area (Å²) in [5.41, 5.74) is 3.90. The topological polar surface area (TPSA) is 83.1 Å². The first-order chi connectivity index (χ1) is 18.6. The van der Waals surface area contributed by atoms with E-state index in [2.05, 4.69) is 26.5 Å². The predicted octanol–water partition coefficient (Wildman–Crippen LogP) is 4.05. The fourth-order valence-electron chi connectivity index (χ4n) is 4.43. The molecule has 8 nitrogen and oxygen atoms in total. The zero-order valence-electron chi connectivity index (χ0n) is 21.9. The standard InChI is InChI=1S/C30H34N4O4/c1-37-21-16-31-30(36)25-22-24(32-29(35)15-12-23-8-4-3-5-9-23)13-14-26(25)33-17-19-34(20-18-33)27-10-6-7-11-28(27)38-2/h3-15,22H,16-21H2,1-2H3,(H,31,36)(H,32,35)/b15-12+. The maximum atomic E-state index is 13.2. The molecule has 0 radical (unpaired) electrons. The Morgan fingerprint density at radius 3 is 2.26 bits per heavy atom. The van der Waals surface area contributed by atoms with Crippen LogP contribution in [0.4, 0.5) is 17.1 Å². The van der Waals surface area contributed by atoms with Gasteiger partial charge in [-0.1, -0.05) is 42.5 Å². The molecule has 198 valence electrons. The number of amides is 2. The highest BCUT2D eigenvalue weighted by atomic mass is 16.5. The lowest BCUT2D eigenvalue weighted by molar-refractivity contribution is -0.111. The number of piperazine rings is 1. The first kappa shape index (κ1) is 26.8. The smallest absolute Gasteiger partial charge is 0.253 e. The fourth-order valence-corrected chi connectivity index (χ4v) is 4.43. The van der Waals surface area contributed by atoms with Crippen molar-refractivity contribution in [3.63, 3.8) is 0 Å². The number of carbonyl (C=O) groups is 2. The van der Waals surface area contributed by atoms with Crippen molar-refractivity contribution in [2.45, 2.75) is 0 Å². The van der Waals surface area contributed by atoms with Crippen molar-refractivity contribution < 1.29 is 19.1 Å². The van der Waals surface area contributed by atoms with Gasteiger partial charge in [0.2, 0.25) is 5.91 Å². The van der Waals surface area contributed by atoms with Crippen molar-refractivity contribution in [3.8, 4) is 5.75 Å². The number of methoxy groups -OCH3 is 2. The van der Waals surface area contributed by atoms with Crippen LogP contribution < -0.4 is 25.2 Å². The number of ether oxygens (including phenoxy) is 2. The molecule has 3 aromatic carbocycles. The number of carbonyl (C=O) groups excluding carboxylic acids is 2. The summed E-state index contributed by atoms with van der Waals surface area (Å²) in [7, 11) is 3.28. The summed E-state index contributed by atoms with van der Waals surface area (Å²) in [6, 6.07) is 23.1. The van der Waals surface area contributed by atoms with Crippen LogP contribution in [0.25, 0.3) is 6.08 Å². The van der Waals surface area contributed by atoms with E-state index >= 15 is 0 Å². The lowest BCUT2D eigenvalue weighted by atomic mass is 10.1. The van der Waals surface area contributed by atoms with Gasteiger partial charge >= 0.3 is 0 Å². The number of nitrogens with zero attached hydrogens (tertiary/aromatic N) is 2. The van der Waals surface area contributed by atoms with Crippen molar-refractivity contribution in [2.75, 3.05) is 68.7 Å². The molecule has 0 aliphatic carbocycles. The van der Waals surface area contributed by atoms with E-state index in [9.17, 15) is 9.59 Å². The Morgan fingerprint density at radius 1 is 0.868 bits per heavy atom. The largest absolute Gasteiger partial charge is 0.495 e. The van der Waals surface area contributed by atoms with Crippen molar-refractivity contribution >= 4 is 35.0 Å². The van der Waals surface area contributed by atoms with Gasteiger partial charge in [0, 0.05) is 57.3 Å². The Hall–Kier alpha value is -4.30. The summed E-state index contributed by atoms with van der Waals surface area (Å²) < 4.78 is 10.6. The molecule has 2 amide bonds. The normalized spacial score (nSPS) is 13.4. The molecule has 0 saturated carbocycles. The highest BCUT2D eigenvalue weighted by Crippen LogP contribution is 2.31. The molecule has 4 rings (SSSR count). The first-order valence-electron chi connectivity index (χ1n) is 12.7. The van der Waals surface area contributed by atoms with E-state index in [0.717, 1.165) is 48.9 Å². The average Bonchev–Trinajstić information content (AvgIpc) is 2.97. The third-order valence-corrected chi connectivity index (χ3v) is 6.37. The molecule has 0 atom stereocenters. The van der Waals surface area contributed by atoms with Crippen LogP contribution in [0.2, 0.25) is 0 Å². The van der Waals surface area contributed by atoms with Crippen LogP contribution in [0.5, 0.6) is 5.75 Å². The second-order valence-electron chi connectivity index (χ2n) is 8.86. The predicted molar refractivity (Wildman–Crippen MR) is 152 cm³/mol. The molecule has 0 spiro atoms. The van der Waals surface area contributed by atoms with E-state index in [1.54, 1.807) is 26.4 Å². The highest BCUT2D eigenvalue weighted by molar-refractivity contribution is 6.05. The molecular formula is C30H34N4O4. The van der Waals surface area contributed by atoms with E-state index in [1.807, 2.05) is 60.7 Å². The average molecular weight is 515 g/mol. The lowest BCUT2D eigenvalue weighted by Crippen LogP contribution is -2.47. The number of hydrogen-bond donors (Lipinski definition) is 2. The van der Waals surface area contributed by atoms with Gasteiger partial charge in [0.15, 0.2) is 0 Å². The van der Waals surface area contributed by atoms with Gasteiger partial charge in [-0.2, -0.15) is 0 Å². The van der Waals surface area contributed by atoms with E-state index in [-0.39, 0.29) is 11.8 Å². The van der Waals surface area contributed by atoms with Crippen LogP contribution in [0, 0.1) is 0 Å². The van der Waals surface area contributed by atoms with Crippen LogP contribution in [0.3, 0.4) is 0 Å². The number of para-hydroxylation sites is 2. The summed E-state index contributed by atoms with van der Waals surface area (Å²) in [6.07, 6.45) is 3.24. The molecular weight excluding hydrogens is 480 g/mol. The molecule has 38 heavy (non-hydrogen) atoms. The van der Waals surface area contributed by atoms with Crippen LogP contribution >= 0.6 is 0 Å². The minimum absolute atomic E-state index is 0.208. The maximum absolute atomic E-state index is 13.2. The highest BCUT2D eigenvalue weighted by Gasteiger charge is 2.23. The zero-order valence-corrected chi connectivity index (χ0v) is 21.9. The van der Waals surface area contributed by atoms with Crippen molar-refractivity contribution in [1.29, 1.82) is 0 Å². The Kier molecular flexibility index (Phi) is 9.37. The Morgan fingerprint density at radius 2 is 1.55 bits per heavy atom. The number of anilines is 3. The summed E-state index contributed by atoms with van der Waals surface area (Å²) >= 11 is 0. The third-order valence-electron chi connectivity index (χ3n) is 6.37. The molecule has 0 unspecified atom stereocenters. The summed E-state index contributed by atoms with van der Waals surface area (Å²) in [4.78, 5) is 30.2. The summed E-state index contributed by atoms with van der Waals surface area (Å²) in [6.45, 7) is 3.86. The summed E-state index contributed by atoms with van der Waals surface area (Å²) in [5, 5.41) is 5.79. The Bertz CT molecular complexity index is 1250. The number of hydrogen-bond acceptors (Lipinski definition) is 6. The molecule has 1 aliphatic heterocycles. The quantitative estimate of drug-likeness (QED) is 0.314. The molecule has 2 N–H and O–H groups in total. The first-order valence-corrected chi connectivity index (χ1v) is 12.7. The minimum Gasteiger partial charge on any atom is -0.495 e. The molecule has 1 heterocycles. The van der Waals surface area contributed by atoms with Gasteiger partial charge in [-0.05, 0) is 42.0 Å². The monoisotopic (exact) mass is 514 g/mol. The van der Waals surface area contributed by atoms with Gasteiger partial charge in [0.25, 0.3) is 5.91 Å². The number of benzene rings is 3. The molecule has 8 heteroatoms. The second kappa shape index (κ2) is 13.3. The molecule has 1 saturated heterocycles. The van der Waals surface area contributed by atoms with Gasteiger partial charge in [-0.15, -0.1) is 0 Å². The molecule has 0 aromatic heterocycles. The van der Waals surface area contributed by atoms with Gasteiger partial charge in [0.05, 0.1) is 25.0 Å². The fraction of sp³-hybridized carbons (Fsp3) is 0.267. The van der Waals surface area contributed by atoms with Gasteiger partial charge in [-0.3, -0.25) is 9.59 Å². The van der Waals surface area contributed by atoms with E-state index in [4.69, 9.17) is 9.47 Å². The lowest BCUT2D eigenvalue weighted by Gasteiger charge is -2.38. The Balaban J connectivity index is 1.49. The second-order valence-corrected chi connectivity index (χ2v) is 8.86. The number of nitrogens with one attached hydrogen (secondary N) is 2. The zero-order chi connectivity index (χ0) is 26.7. The van der Waals surface area contributed by atoms with Crippen LogP contribution in [0.1, 0.15) is 15.9 Å². The molecule has 1 aliphatic rings. The van der Waals surface area contributed by atoms with Crippen LogP contribution in [-0.4, -0.2) is 65.4 Å². The van der Waals surface area contributed by atoms with Crippen molar-refractivity contribution in [1.82, 2.24) is 5.32 Å². The maximum Gasteiger partial charge on any atom is 0.253 e. The number of rotatable bonds is 10. The minimum atomic E-state index is -0.266. The summed E-state index contributed by atoms with van der Waals surface area (Å²) in [5.74, 6) is 0.374. The van der Waals surface area contributed by atoms with Crippen LogP contribution in [0.15, 0.2) is 78.9 Å². The van der Waals surface area contributed by atoms with Gasteiger partial charge in [0.1, 0.15) is 5.75 Å². The van der Waals surface area contributed by atoms with Crippen LogP contribution in [-0.2, 0) is 9.53 Å².